The molecule has 0 atom stereocenters. The Morgan fingerprint density at radius 2 is 2.05 bits per heavy atom. The molecule has 1 aromatic rings. The molecule has 0 aliphatic heterocycles. The highest BCUT2D eigenvalue weighted by molar-refractivity contribution is 7.92. The quantitative estimate of drug-likeness (QED) is 0.699. The van der Waals surface area contributed by atoms with Crippen molar-refractivity contribution < 1.29 is 28.2 Å². The van der Waals surface area contributed by atoms with Crippen LogP contribution in [0.4, 0.5) is 5.69 Å². The molecule has 0 spiro atoms. The molecule has 112 valence electrons. The Morgan fingerprint density at radius 1 is 1.40 bits per heavy atom. The summed E-state index contributed by atoms with van der Waals surface area (Å²) < 4.78 is 30.8. The van der Waals surface area contributed by atoms with Crippen LogP contribution in [0.15, 0.2) is 18.2 Å². The van der Waals surface area contributed by atoms with Crippen molar-refractivity contribution in [2.24, 2.45) is 0 Å². The number of rotatable bonds is 7. The highest BCUT2D eigenvalue weighted by atomic mass is 32.2. The van der Waals surface area contributed by atoms with Gasteiger partial charge in [0.05, 0.1) is 24.2 Å². The van der Waals surface area contributed by atoms with E-state index in [4.69, 9.17) is 9.84 Å². The summed E-state index contributed by atoms with van der Waals surface area (Å²) in [7, 11) is -3.61. The SMILES string of the molecule is CC(C)OCCS(=O)(=O)Nc1ccc(C(=O)O)c(O)c1. The number of hydrogen-bond acceptors (Lipinski definition) is 5. The van der Waals surface area contributed by atoms with Gasteiger partial charge in [0.15, 0.2) is 0 Å². The van der Waals surface area contributed by atoms with Crippen LogP contribution in [0.1, 0.15) is 24.2 Å². The second-order valence-electron chi connectivity index (χ2n) is 4.38. The van der Waals surface area contributed by atoms with Gasteiger partial charge in [-0.3, -0.25) is 4.72 Å². The van der Waals surface area contributed by atoms with Gasteiger partial charge in [0.1, 0.15) is 11.3 Å². The van der Waals surface area contributed by atoms with E-state index < -0.39 is 21.7 Å². The molecule has 0 heterocycles. The van der Waals surface area contributed by atoms with E-state index in [0.717, 1.165) is 12.1 Å². The third kappa shape index (κ3) is 5.06. The topological polar surface area (TPSA) is 113 Å². The average molecular weight is 303 g/mol. The summed E-state index contributed by atoms with van der Waals surface area (Å²) in [6, 6.07) is 3.44. The Labute approximate surface area is 117 Å². The number of carboxylic acids is 1. The number of phenols is 1. The zero-order valence-electron chi connectivity index (χ0n) is 11.2. The fourth-order valence-electron chi connectivity index (χ4n) is 1.40. The normalized spacial score (nSPS) is 11.6. The average Bonchev–Trinajstić information content (AvgIpc) is 2.26. The number of carbonyl (C=O) groups is 1. The van der Waals surface area contributed by atoms with Crippen molar-refractivity contribution in [3.05, 3.63) is 23.8 Å². The van der Waals surface area contributed by atoms with Crippen molar-refractivity contribution in [1.29, 1.82) is 0 Å². The van der Waals surface area contributed by atoms with Gasteiger partial charge in [0, 0.05) is 6.07 Å². The first-order chi connectivity index (χ1) is 9.21. The van der Waals surface area contributed by atoms with E-state index in [1.807, 2.05) is 0 Å². The molecule has 0 saturated carbocycles. The number of ether oxygens (including phenoxy) is 1. The van der Waals surface area contributed by atoms with Crippen LogP contribution in [-0.4, -0.2) is 43.1 Å². The summed E-state index contributed by atoms with van der Waals surface area (Å²) in [6.07, 6.45) is -0.0657. The summed E-state index contributed by atoms with van der Waals surface area (Å²) in [5.74, 6) is -2.02. The first-order valence-corrected chi connectivity index (χ1v) is 7.55. The molecule has 0 aliphatic rings. The van der Waals surface area contributed by atoms with Gasteiger partial charge < -0.3 is 14.9 Å². The van der Waals surface area contributed by atoms with Crippen LogP contribution in [0.25, 0.3) is 0 Å². The van der Waals surface area contributed by atoms with E-state index >= 15 is 0 Å². The summed E-state index contributed by atoms with van der Waals surface area (Å²) in [5, 5.41) is 18.2. The summed E-state index contributed by atoms with van der Waals surface area (Å²) in [6.45, 7) is 3.64. The van der Waals surface area contributed by atoms with E-state index in [2.05, 4.69) is 4.72 Å². The maximum atomic E-state index is 11.7. The molecular weight excluding hydrogens is 286 g/mol. The van der Waals surface area contributed by atoms with Gasteiger partial charge in [0.25, 0.3) is 0 Å². The van der Waals surface area contributed by atoms with Crippen molar-refractivity contribution in [2.45, 2.75) is 20.0 Å². The van der Waals surface area contributed by atoms with Gasteiger partial charge in [-0.25, -0.2) is 13.2 Å². The molecule has 0 fully saturated rings. The second kappa shape index (κ2) is 6.58. The molecule has 3 N–H and O–H groups in total. The first kappa shape index (κ1) is 16.3. The third-order valence-corrected chi connectivity index (χ3v) is 3.56. The van der Waals surface area contributed by atoms with Gasteiger partial charge in [-0.15, -0.1) is 0 Å². The van der Waals surface area contributed by atoms with E-state index in [0.29, 0.717) is 0 Å². The number of carboxylic acid groups (broad SMARTS) is 1. The van der Waals surface area contributed by atoms with Crippen molar-refractivity contribution in [1.82, 2.24) is 0 Å². The van der Waals surface area contributed by atoms with Gasteiger partial charge in [-0.2, -0.15) is 0 Å². The largest absolute Gasteiger partial charge is 0.507 e. The number of sulfonamides is 1. The molecule has 20 heavy (non-hydrogen) atoms. The van der Waals surface area contributed by atoms with Gasteiger partial charge in [-0.05, 0) is 26.0 Å². The fraction of sp³-hybridized carbons (Fsp3) is 0.417. The highest BCUT2D eigenvalue weighted by Crippen LogP contribution is 2.22. The molecule has 1 rings (SSSR count). The molecule has 0 aliphatic carbocycles. The smallest absolute Gasteiger partial charge is 0.339 e. The Kier molecular flexibility index (Phi) is 5.34. The molecule has 0 saturated heterocycles. The van der Waals surface area contributed by atoms with Crippen LogP contribution < -0.4 is 4.72 Å². The van der Waals surface area contributed by atoms with E-state index in [9.17, 15) is 18.3 Å². The van der Waals surface area contributed by atoms with Crippen molar-refractivity contribution in [3.63, 3.8) is 0 Å². The van der Waals surface area contributed by atoms with E-state index in [1.165, 1.54) is 6.07 Å². The summed E-state index contributed by atoms with van der Waals surface area (Å²) in [5.41, 5.74) is -0.201. The van der Waals surface area contributed by atoms with Crippen LogP contribution >= 0.6 is 0 Å². The third-order valence-electron chi connectivity index (χ3n) is 2.30. The first-order valence-electron chi connectivity index (χ1n) is 5.89. The number of hydrogen-bond donors (Lipinski definition) is 3. The molecule has 7 nitrogen and oxygen atoms in total. The Morgan fingerprint density at radius 3 is 2.55 bits per heavy atom. The minimum absolute atomic E-state index is 0.0478. The lowest BCUT2D eigenvalue weighted by Gasteiger charge is -2.10. The highest BCUT2D eigenvalue weighted by Gasteiger charge is 2.14. The summed E-state index contributed by atoms with van der Waals surface area (Å²) >= 11 is 0. The predicted molar refractivity (Wildman–Crippen MR) is 73.6 cm³/mol. The van der Waals surface area contributed by atoms with Gasteiger partial charge in [-0.1, -0.05) is 0 Å². The zero-order valence-corrected chi connectivity index (χ0v) is 12.0. The number of aromatic carboxylic acids is 1. The van der Waals surface area contributed by atoms with Crippen molar-refractivity contribution in [2.75, 3.05) is 17.1 Å². The molecule has 0 bridgehead atoms. The van der Waals surface area contributed by atoms with Crippen LogP contribution in [-0.2, 0) is 14.8 Å². The maximum absolute atomic E-state index is 11.7. The van der Waals surface area contributed by atoms with Crippen LogP contribution in [0.2, 0.25) is 0 Å². The molecule has 0 unspecified atom stereocenters. The van der Waals surface area contributed by atoms with Crippen LogP contribution in [0.5, 0.6) is 5.75 Å². The van der Waals surface area contributed by atoms with Gasteiger partial charge >= 0.3 is 5.97 Å². The minimum atomic E-state index is -3.61. The van der Waals surface area contributed by atoms with E-state index in [-0.39, 0.29) is 29.7 Å². The number of aromatic hydroxyl groups is 1. The van der Waals surface area contributed by atoms with Crippen molar-refractivity contribution in [3.8, 4) is 5.75 Å². The molecule has 8 heteroatoms. The molecule has 1 aromatic carbocycles. The lowest BCUT2D eigenvalue weighted by molar-refractivity contribution is 0.0693. The Balaban J connectivity index is 2.73. The molecular formula is C12H17NO6S. The standard InChI is InChI=1S/C12H17NO6S/c1-8(2)19-5-6-20(17,18)13-9-3-4-10(12(15)16)11(14)7-9/h3-4,7-8,13-14H,5-6H2,1-2H3,(H,15,16). The van der Waals surface area contributed by atoms with Crippen LogP contribution in [0, 0.1) is 0 Å². The van der Waals surface area contributed by atoms with Crippen LogP contribution in [0.3, 0.4) is 0 Å². The number of nitrogens with one attached hydrogen (secondary N) is 1. The lowest BCUT2D eigenvalue weighted by Crippen LogP contribution is -2.21. The zero-order chi connectivity index (χ0) is 15.3. The Bertz CT molecular complexity index is 582. The van der Waals surface area contributed by atoms with Gasteiger partial charge in [0.2, 0.25) is 10.0 Å². The molecule has 0 aromatic heterocycles. The number of benzene rings is 1. The van der Waals surface area contributed by atoms with E-state index in [1.54, 1.807) is 13.8 Å². The predicted octanol–water partition coefficient (Wildman–Crippen LogP) is 1.26. The lowest BCUT2D eigenvalue weighted by atomic mass is 10.2. The minimum Gasteiger partial charge on any atom is -0.507 e. The molecule has 0 radical (unpaired) electrons. The monoisotopic (exact) mass is 303 g/mol. The Hall–Kier alpha value is -1.80. The second-order valence-corrected chi connectivity index (χ2v) is 6.22. The maximum Gasteiger partial charge on any atom is 0.339 e. The fourth-order valence-corrected chi connectivity index (χ4v) is 2.30. The van der Waals surface area contributed by atoms with Crippen molar-refractivity contribution >= 4 is 21.7 Å². The molecule has 0 amide bonds. The summed E-state index contributed by atoms with van der Waals surface area (Å²) in [4.78, 5) is 10.7. The number of anilines is 1.